The molecular formula is C10H13N3O3S. The van der Waals surface area contributed by atoms with E-state index in [4.69, 9.17) is 5.11 Å². The Morgan fingerprint density at radius 1 is 1.65 bits per heavy atom. The Morgan fingerprint density at radius 2 is 2.35 bits per heavy atom. The van der Waals surface area contributed by atoms with E-state index in [1.807, 2.05) is 12.3 Å². The highest BCUT2D eigenvalue weighted by Gasteiger charge is 2.32. The van der Waals surface area contributed by atoms with Crippen molar-refractivity contribution < 1.29 is 14.7 Å². The fourth-order valence-electron chi connectivity index (χ4n) is 1.69. The largest absolute Gasteiger partial charge is 0.481 e. The molecule has 0 saturated carbocycles. The minimum Gasteiger partial charge on any atom is -0.481 e. The average Bonchev–Trinajstić information content (AvgIpc) is 2.56. The Kier molecular flexibility index (Phi) is 3.28. The summed E-state index contributed by atoms with van der Waals surface area (Å²) in [5.41, 5.74) is 0.873. The van der Waals surface area contributed by atoms with Crippen molar-refractivity contribution in [1.29, 1.82) is 0 Å². The topological polar surface area (TPSA) is 82.5 Å². The lowest BCUT2D eigenvalue weighted by atomic mass is 9.97. The molecule has 0 bridgehead atoms. The first-order chi connectivity index (χ1) is 8.04. The van der Waals surface area contributed by atoms with Gasteiger partial charge in [-0.25, -0.2) is 9.78 Å². The minimum absolute atomic E-state index is 0.0799. The molecule has 0 spiro atoms. The maximum atomic E-state index is 11.7. The maximum absolute atomic E-state index is 11.7. The predicted octanol–water partition coefficient (Wildman–Crippen LogP) is 1.39. The van der Waals surface area contributed by atoms with Gasteiger partial charge in [0.15, 0.2) is 5.13 Å². The number of anilines is 1. The van der Waals surface area contributed by atoms with E-state index in [1.54, 1.807) is 4.90 Å². The number of aliphatic carboxylic acids is 1. The summed E-state index contributed by atoms with van der Waals surface area (Å²) in [5, 5.41) is 13.7. The van der Waals surface area contributed by atoms with Gasteiger partial charge >= 0.3 is 12.0 Å². The van der Waals surface area contributed by atoms with E-state index in [-0.39, 0.29) is 18.4 Å². The van der Waals surface area contributed by atoms with Gasteiger partial charge in [-0.1, -0.05) is 0 Å². The van der Waals surface area contributed by atoms with Crippen LogP contribution >= 0.6 is 11.3 Å². The van der Waals surface area contributed by atoms with Crippen molar-refractivity contribution in [3.63, 3.8) is 0 Å². The second kappa shape index (κ2) is 4.70. The summed E-state index contributed by atoms with van der Waals surface area (Å²) < 4.78 is 0. The van der Waals surface area contributed by atoms with Crippen molar-refractivity contribution >= 4 is 28.5 Å². The zero-order chi connectivity index (χ0) is 12.4. The van der Waals surface area contributed by atoms with Crippen LogP contribution in [0.1, 0.15) is 12.1 Å². The number of nitrogens with one attached hydrogen (secondary N) is 1. The lowest BCUT2D eigenvalue weighted by Gasteiger charge is -2.38. The number of urea groups is 1. The minimum atomic E-state index is -0.814. The summed E-state index contributed by atoms with van der Waals surface area (Å²) in [6.07, 6.45) is 0.125. The second-order valence-corrected chi connectivity index (χ2v) is 4.95. The molecular weight excluding hydrogens is 242 g/mol. The highest BCUT2D eigenvalue weighted by Crippen LogP contribution is 2.21. The molecule has 0 unspecified atom stereocenters. The van der Waals surface area contributed by atoms with E-state index in [2.05, 4.69) is 10.3 Å². The quantitative estimate of drug-likeness (QED) is 0.855. The normalized spacial score (nSPS) is 15.5. The van der Waals surface area contributed by atoms with Gasteiger partial charge in [0, 0.05) is 24.4 Å². The van der Waals surface area contributed by atoms with E-state index < -0.39 is 5.97 Å². The van der Waals surface area contributed by atoms with E-state index >= 15 is 0 Å². The summed E-state index contributed by atoms with van der Waals surface area (Å²) >= 11 is 1.38. The van der Waals surface area contributed by atoms with Gasteiger partial charge in [-0.05, 0) is 6.92 Å². The molecule has 1 aromatic heterocycles. The van der Waals surface area contributed by atoms with Gasteiger partial charge in [-0.15, -0.1) is 11.3 Å². The highest BCUT2D eigenvalue weighted by molar-refractivity contribution is 7.13. The molecule has 0 aromatic carbocycles. The Balaban J connectivity index is 1.78. The predicted molar refractivity (Wildman–Crippen MR) is 63.2 cm³/mol. The molecule has 2 rings (SSSR count). The molecule has 17 heavy (non-hydrogen) atoms. The number of amides is 2. The molecule has 1 saturated heterocycles. The Bertz CT molecular complexity index is 440. The summed E-state index contributed by atoms with van der Waals surface area (Å²) in [5.74, 6) is -0.734. The summed E-state index contributed by atoms with van der Waals surface area (Å²) in [7, 11) is 0. The third-order valence-corrected chi connectivity index (χ3v) is 3.42. The fraction of sp³-hybridized carbons (Fsp3) is 0.500. The van der Waals surface area contributed by atoms with Crippen molar-refractivity contribution in [3.8, 4) is 0 Å². The smallest absolute Gasteiger partial charge is 0.323 e. The van der Waals surface area contributed by atoms with E-state index in [0.717, 1.165) is 5.69 Å². The first-order valence-electron chi connectivity index (χ1n) is 5.24. The van der Waals surface area contributed by atoms with Gasteiger partial charge in [0.25, 0.3) is 0 Å². The fourth-order valence-corrected chi connectivity index (χ4v) is 2.37. The van der Waals surface area contributed by atoms with E-state index in [9.17, 15) is 9.59 Å². The van der Waals surface area contributed by atoms with Crippen LogP contribution in [0.3, 0.4) is 0 Å². The number of hydrogen-bond donors (Lipinski definition) is 2. The molecule has 0 radical (unpaired) electrons. The first-order valence-corrected chi connectivity index (χ1v) is 6.12. The van der Waals surface area contributed by atoms with Crippen LogP contribution in [0.4, 0.5) is 9.93 Å². The standard InChI is InChI=1S/C10H13N3O3S/c1-6-5-17-9(11-6)12-10(16)13-3-7(4-13)2-8(14)15/h5,7H,2-4H2,1H3,(H,14,15)(H,11,12,16). The van der Waals surface area contributed by atoms with Crippen LogP contribution in [0.2, 0.25) is 0 Å². The van der Waals surface area contributed by atoms with Crippen LogP contribution in [0.5, 0.6) is 0 Å². The van der Waals surface area contributed by atoms with Crippen LogP contribution in [-0.4, -0.2) is 40.1 Å². The van der Waals surface area contributed by atoms with Gasteiger partial charge in [-0.3, -0.25) is 10.1 Å². The molecule has 2 amide bonds. The molecule has 6 nitrogen and oxygen atoms in total. The van der Waals surface area contributed by atoms with Crippen LogP contribution in [0, 0.1) is 12.8 Å². The van der Waals surface area contributed by atoms with Crippen LogP contribution in [-0.2, 0) is 4.79 Å². The van der Waals surface area contributed by atoms with Crippen molar-refractivity contribution in [3.05, 3.63) is 11.1 Å². The van der Waals surface area contributed by atoms with Gasteiger partial charge in [0.05, 0.1) is 12.1 Å². The van der Waals surface area contributed by atoms with Crippen LogP contribution < -0.4 is 5.32 Å². The lowest BCUT2D eigenvalue weighted by Crippen LogP contribution is -2.52. The molecule has 1 fully saturated rings. The Labute approximate surface area is 102 Å². The number of thiazole rings is 1. The SMILES string of the molecule is Cc1csc(NC(=O)N2CC(CC(=O)O)C2)n1. The number of hydrogen-bond acceptors (Lipinski definition) is 4. The summed E-state index contributed by atoms with van der Waals surface area (Å²) in [6, 6.07) is -0.207. The molecule has 1 aliphatic heterocycles. The number of carboxylic acids is 1. The van der Waals surface area contributed by atoms with Gasteiger partial charge in [0.2, 0.25) is 0 Å². The molecule has 2 N–H and O–H groups in total. The number of carbonyl (C=O) groups is 2. The molecule has 0 atom stereocenters. The number of carbonyl (C=O) groups excluding carboxylic acids is 1. The Morgan fingerprint density at radius 3 is 2.88 bits per heavy atom. The maximum Gasteiger partial charge on any atom is 0.323 e. The number of likely N-dealkylation sites (tertiary alicyclic amines) is 1. The first kappa shape index (κ1) is 11.8. The molecule has 1 aliphatic rings. The third kappa shape index (κ3) is 2.94. The number of rotatable bonds is 3. The van der Waals surface area contributed by atoms with Crippen LogP contribution in [0.15, 0.2) is 5.38 Å². The number of carboxylic acid groups (broad SMARTS) is 1. The van der Waals surface area contributed by atoms with E-state index in [0.29, 0.717) is 18.2 Å². The van der Waals surface area contributed by atoms with Gasteiger partial charge < -0.3 is 10.0 Å². The van der Waals surface area contributed by atoms with Crippen LogP contribution in [0.25, 0.3) is 0 Å². The van der Waals surface area contributed by atoms with Crippen molar-refractivity contribution in [2.24, 2.45) is 5.92 Å². The third-order valence-electron chi connectivity index (χ3n) is 2.54. The van der Waals surface area contributed by atoms with E-state index in [1.165, 1.54) is 11.3 Å². The molecule has 2 heterocycles. The summed E-state index contributed by atoms with van der Waals surface area (Å²) in [6.45, 7) is 2.86. The van der Waals surface area contributed by atoms with Crippen molar-refractivity contribution in [2.75, 3.05) is 18.4 Å². The zero-order valence-corrected chi connectivity index (χ0v) is 10.2. The van der Waals surface area contributed by atoms with Gasteiger partial charge in [0.1, 0.15) is 0 Å². The highest BCUT2D eigenvalue weighted by atomic mass is 32.1. The summed E-state index contributed by atoms with van der Waals surface area (Å²) in [4.78, 5) is 27.8. The molecule has 0 aliphatic carbocycles. The monoisotopic (exact) mass is 255 g/mol. The molecule has 92 valence electrons. The second-order valence-electron chi connectivity index (χ2n) is 4.09. The molecule has 7 heteroatoms. The lowest BCUT2D eigenvalue weighted by molar-refractivity contribution is -0.139. The van der Waals surface area contributed by atoms with Crippen molar-refractivity contribution in [2.45, 2.75) is 13.3 Å². The van der Waals surface area contributed by atoms with Gasteiger partial charge in [-0.2, -0.15) is 0 Å². The average molecular weight is 255 g/mol. The Hall–Kier alpha value is -1.63. The van der Waals surface area contributed by atoms with Crippen molar-refractivity contribution in [1.82, 2.24) is 9.88 Å². The number of aromatic nitrogens is 1. The zero-order valence-electron chi connectivity index (χ0n) is 9.34. The molecule has 1 aromatic rings. The number of nitrogens with zero attached hydrogens (tertiary/aromatic N) is 2. The number of aryl methyl sites for hydroxylation is 1.